The zero-order valence-electron chi connectivity index (χ0n) is 16.7. The maximum atomic E-state index is 4.41. The molecule has 0 aromatic rings. The highest BCUT2D eigenvalue weighted by molar-refractivity contribution is 14.0. The third kappa shape index (κ3) is 7.89. The van der Waals surface area contributed by atoms with E-state index in [2.05, 4.69) is 25.4 Å². The van der Waals surface area contributed by atoms with Crippen molar-refractivity contribution in [3.63, 3.8) is 0 Å². The van der Waals surface area contributed by atoms with Crippen LogP contribution < -0.4 is 10.6 Å². The Balaban J connectivity index is 0.00000243. The fraction of sp³-hybridized carbons (Fsp3) is 0.950. The van der Waals surface area contributed by atoms with Crippen LogP contribution >= 0.6 is 24.0 Å². The van der Waals surface area contributed by atoms with Gasteiger partial charge in [-0.2, -0.15) is 0 Å². The summed E-state index contributed by atoms with van der Waals surface area (Å²) >= 11 is 0. The highest BCUT2D eigenvalue weighted by Crippen LogP contribution is 2.29. The van der Waals surface area contributed by atoms with Crippen molar-refractivity contribution in [2.45, 2.75) is 76.3 Å². The molecule has 0 atom stereocenters. The van der Waals surface area contributed by atoms with Crippen molar-refractivity contribution in [2.75, 3.05) is 46.3 Å². The smallest absolute Gasteiger partial charge is 0.191 e. The molecule has 0 aromatic heterocycles. The fourth-order valence-corrected chi connectivity index (χ4v) is 4.26. The monoisotopic (exact) mass is 477 g/mol. The van der Waals surface area contributed by atoms with E-state index >= 15 is 0 Å². The van der Waals surface area contributed by atoms with E-state index in [0.29, 0.717) is 6.04 Å². The molecule has 5 nitrogen and oxygen atoms in total. The Labute approximate surface area is 177 Å². The second-order valence-electron chi connectivity index (χ2n) is 8.15. The van der Waals surface area contributed by atoms with Gasteiger partial charge in [-0.3, -0.25) is 4.99 Å². The Morgan fingerprint density at radius 3 is 2.31 bits per heavy atom. The van der Waals surface area contributed by atoms with Crippen LogP contribution in [-0.4, -0.2) is 74.2 Å². The van der Waals surface area contributed by atoms with E-state index in [0.717, 1.165) is 18.5 Å². The van der Waals surface area contributed by atoms with Crippen molar-refractivity contribution in [3.05, 3.63) is 0 Å². The molecule has 0 spiro atoms. The summed E-state index contributed by atoms with van der Waals surface area (Å²) in [4.78, 5) is 9.73. The minimum atomic E-state index is 0. The van der Waals surface area contributed by atoms with Crippen LogP contribution in [0.25, 0.3) is 0 Å². The number of hydrogen-bond acceptors (Lipinski definition) is 3. The van der Waals surface area contributed by atoms with Gasteiger partial charge in [-0.15, -0.1) is 24.0 Å². The van der Waals surface area contributed by atoms with Gasteiger partial charge in [0.15, 0.2) is 5.96 Å². The molecule has 2 N–H and O–H groups in total. The summed E-state index contributed by atoms with van der Waals surface area (Å²) in [6.07, 6.45) is 13.5. The van der Waals surface area contributed by atoms with Gasteiger partial charge in [0.05, 0.1) is 0 Å². The Kier molecular flexibility index (Phi) is 10.6. The highest BCUT2D eigenvalue weighted by atomic mass is 127. The number of nitrogens with one attached hydrogen (secondary N) is 2. The third-order valence-electron chi connectivity index (χ3n) is 6.05. The number of hydrogen-bond donors (Lipinski definition) is 2. The lowest BCUT2D eigenvalue weighted by Crippen LogP contribution is -2.49. The van der Waals surface area contributed by atoms with Crippen molar-refractivity contribution >= 4 is 29.9 Å². The number of aliphatic imine (C=N–C) groups is 1. The molecule has 1 aliphatic carbocycles. The Morgan fingerprint density at radius 2 is 1.65 bits per heavy atom. The molecular weight excluding hydrogens is 437 g/mol. The van der Waals surface area contributed by atoms with Gasteiger partial charge in [-0.25, -0.2) is 0 Å². The topological polar surface area (TPSA) is 42.9 Å². The molecule has 6 heteroatoms. The maximum Gasteiger partial charge on any atom is 0.191 e. The van der Waals surface area contributed by atoms with Crippen LogP contribution in [0.2, 0.25) is 0 Å². The molecule has 3 fully saturated rings. The molecule has 2 heterocycles. The Hall–Kier alpha value is -0.0800. The average molecular weight is 477 g/mol. The van der Waals surface area contributed by atoms with Gasteiger partial charge in [0.1, 0.15) is 0 Å². The van der Waals surface area contributed by atoms with Crippen molar-refractivity contribution in [2.24, 2.45) is 4.99 Å². The first-order valence-corrected chi connectivity index (χ1v) is 10.8. The molecule has 3 aliphatic rings. The summed E-state index contributed by atoms with van der Waals surface area (Å²) in [5.41, 5.74) is 0. The molecule has 2 aliphatic heterocycles. The largest absolute Gasteiger partial charge is 0.356 e. The molecule has 152 valence electrons. The molecule has 2 saturated heterocycles. The van der Waals surface area contributed by atoms with Crippen LogP contribution in [0.15, 0.2) is 4.99 Å². The lowest BCUT2D eigenvalue weighted by atomic mass is 10.1. The average Bonchev–Trinajstić information content (AvgIpc) is 3.50. The summed E-state index contributed by atoms with van der Waals surface area (Å²) < 4.78 is 0. The molecule has 0 unspecified atom stereocenters. The molecular formula is C20H40IN5. The number of likely N-dealkylation sites (tertiary alicyclic amines) is 2. The zero-order chi connectivity index (χ0) is 17.3. The van der Waals surface area contributed by atoms with E-state index in [1.807, 2.05) is 7.05 Å². The first kappa shape index (κ1) is 22.2. The molecule has 3 rings (SSSR count). The van der Waals surface area contributed by atoms with E-state index in [4.69, 9.17) is 0 Å². The number of nitrogens with zero attached hydrogens (tertiary/aromatic N) is 3. The molecule has 0 aromatic carbocycles. The van der Waals surface area contributed by atoms with E-state index in [1.54, 1.807) is 0 Å². The Bertz CT molecular complexity index is 399. The summed E-state index contributed by atoms with van der Waals surface area (Å²) in [7, 11) is 1.89. The highest BCUT2D eigenvalue weighted by Gasteiger charge is 2.31. The second-order valence-corrected chi connectivity index (χ2v) is 8.15. The normalized spacial score (nSPS) is 23.5. The van der Waals surface area contributed by atoms with Crippen molar-refractivity contribution < 1.29 is 0 Å². The lowest BCUT2D eigenvalue weighted by molar-refractivity contribution is 0.197. The van der Waals surface area contributed by atoms with Gasteiger partial charge in [0, 0.05) is 38.8 Å². The van der Waals surface area contributed by atoms with Gasteiger partial charge in [-0.1, -0.05) is 12.8 Å². The van der Waals surface area contributed by atoms with Gasteiger partial charge >= 0.3 is 0 Å². The van der Waals surface area contributed by atoms with E-state index in [9.17, 15) is 0 Å². The number of guanidine groups is 1. The quantitative estimate of drug-likeness (QED) is 0.244. The number of piperidine rings is 2. The number of rotatable bonds is 8. The van der Waals surface area contributed by atoms with E-state index < -0.39 is 0 Å². The SMILES string of the molecule is CN=C(NCCCCCN1CCCCC1)NC1CCN(C2CC2)CC1.I. The molecule has 0 bridgehead atoms. The van der Waals surface area contributed by atoms with Crippen molar-refractivity contribution in [1.29, 1.82) is 0 Å². The van der Waals surface area contributed by atoms with Crippen LogP contribution in [-0.2, 0) is 0 Å². The minimum absolute atomic E-state index is 0. The predicted octanol–water partition coefficient (Wildman–Crippen LogP) is 3.05. The summed E-state index contributed by atoms with van der Waals surface area (Å²) in [6.45, 7) is 7.52. The van der Waals surface area contributed by atoms with Crippen LogP contribution in [0.3, 0.4) is 0 Å². The summed E-state index contributed by atoms with van der Waals surface area (Å²) in [6, 6.07) is 1.52. The van der Waals surface area contributed by atoms with Gasteiger partial charge in [0.2, 0.25) is 0 Å². The summed E-state index contributed by atoms with van der Waals surface area (Å²) in [5.74, 6) is 1.00. The van der Waals surface area contributed by atoms with E-state index in [-0.39, 0.29) is 24.0 Å². The minimum Gasteiger partial charge on any atom is -0.356 e. The molecule has 1 saturated carbocycles. The van der Waals surface area contributed by atoms with Crippen LogP contribution in [0.4, 0.5) is 0 Å². The first-order chi connectivity index (χ1) is 12.3. The Morgan fingerprint density at radius 1 is 0.923 bits per heavy atom. The maximum absolute atomic E-state index is 4.41. The van der Waals surface area contributed by atoms with Crippen LogP contribution in [0.5, 0.6) is 0 Å². The van der Waals surface area contributed by atoms with Gasteiger partial charge in [0.25, 0.3) is 0 Å². The predicted molar refractivity (Wildman–Crippen MR) is 122 cm³/mol. The zero-order valence-corrected chi connectivity index (χ0v) is 19.0. The standard InChI is InChI=1S/C20H39N5.HI/c1-21-20(23-18-10-16-25(17-11-18)19-8-9-19)22-12-4-2-5-13-24-14-6-3-7-15-24;/h18-19H,2-17H2,1H3,(H2,21,22,23);1H. The van der Waals surface area contributed by atoms with Crippen molar-refractivity contribution in [3.8, 4) is 0 Å². The first-order valence-electron chi connectivity index (χ1n) is 10.8. The number of halogens is 1. The lowest BCUT2D eigenvalue weighted by Gasteiger charge is -2.33. The van der Waals surface area contributed by atoms with Crippen molar-refractivity contribution in [1.82, 2.24) is 20.4 Å². The molecule has 26 heavy (non-hydrogen) atoms. The molecule has 0 amide bonds. The van der Waals surface area contributed by atoms with Gasteiger partial charge < -0.3 is 20.4 Å². The van der Waals surface area contributed by atoms with Gasteiger partial charge in [-0.05, 0) is 71.0 Å². The molecule has 0 radical (unpaired) electrons. The van der Waals surface area contributed by atoms with Crippen LogP contribution in [0.1, 0.15) is 64.2 Å². The fourth-order valence-electron chi connectivity index (χ4n) is 4.26. The summed E-state index contributed by atoms with van der Waals surface area (Å²) in [5, 5.41) is 7.15. The second kappa shape index (κ2) is 12.4. The van der Waals surface area contributed by atoms with E-state index in [1.165, 1.54) is 96.9 Å². The van der Waals surface area contributed by atoms with Crippen LogP contribution in [0, 0.1) is 0 Å². The third-order valence-corrected chi connectivity index (χ3v) is 6.05. The number of unbranched alkanes of at least 4 members (excludes halogenated alkanes) is 2.